The molecule has 1 amide bonds. The molecule has 3 N–H and O–H groups in total. The molecule has 20 heavy (non-hydrogen) atoms. The van der Waals surface area contributed by atoms with Crippen LogP contribution >= 0.6 is 0 Å². The zero-order valence-electron chi connectivity index (χ0n) is 11.3. The van der Waals surface area contributed by atoms with Crippen LogP contribution in [0, 0.1) is 0 Å². The second kappa shape index (κ2) is 7.46. The lowest BCUT2D eigenvalue weighted by Crippen LogP contribution is -2.40. The van der Waals surface area contributed by atoms with Gasteiger partial charge in [-0.25, -0.2) is 4.79 Å². The molecule has 0 aromatic heterocycles. The van der Waals surface area contributed by atoms with Gasteiger partial charge < -0.3 is 25.0 Å². The molecule has 7 heteroatoms. The number of hydrogen-bond acceptors (Lipinski definition) is 5. The third-order valence-corrected chi connectivity index (χ3v) is 2.57. The van der Waals surface area contributed by atoms with Gasteiger partial charge in [0, 0.05) is 12.7 Å². The highest BCUT2D eigenvalue weighted by atomic mass is 16.5. The molecule has 7 nitrogen and oxygen atoms in total. The average molecular weight is 283 g/mol. The molecule has 1 atom stereocenters. The van der Waals surface area contributed by atoms with Gasteiger partial charge in [0.1, 0.15) is 5.75 Å². The minimum atomic E-state index is -1.16. The summed E-state index contributed by atoms with van der Waals surface area (Å²) in [5.74, 6) is -1.40. The first-order chi connectivity index (χ1) is 9.51. The first-order valence-electron chi connectivity index (χ1n) is 5.84. The molecule has 0 radical (unpaired) electrons. The maximum atomic E-state index is 12.0. The molecule has 1 aromatic rings. The van der Waals surface area contributed by atoms with Crippen molar-refractivity contribution in [3.8, 4) is 5.75 Å². The lowest BCUT2D eigenvalue weighted by Gasteiger charge is -2.15. The van der Waals surface area contributed by atoms with Crippen LogP contribution in [0.4, 0.5) is 0 Å². The zero-order chi connectivity index (χ0) is 15.1. The number of aliphatic hydroxyl groups is 1. The highest BCUT2D eigenvalue weighted by molar-refractivity contribution is 5.98. The number of carboxylic acid groups (broad SMARTS) is 1. The van der Waals surface area contributed by atoms with Crippen molar-refractivity contribution >= 4 is 11.9 Å². The number of benzene rings is 1. The van der Waals surface area contributed by atoms with Gasteiger partial charge in [-0.3, -0.25) is 4.79 Å². The number of aromatic carboxylic acids is 1. The Kier molecular flexibility index (Phi) is 5.95. The third kappa shape index (κ3) is 4.22. The van der Waals surface area contributed by atoms with E-state index in [1.807, 2.05) is 0 Å². The summed E-state index contributed by atoms with van der Waals surface area (Å²) < 4.78 is 9.80. The Balaban J connectivity index is 2.96. The fourth-order valence-corrected chi connectivity index (χ4v) is 1.58. The van der Waals surface area contributed by atoms with Crippen molar-refractivity contribution in [2.24, 2.45) is 0 Å². The van der Waals surface area contributed by atoms with Crippen molar-refractivity contribution in [1.82, 2.24) is 5.32 Å². The molecule has 0 saturated carbocycles. The normalized spacial score (nSPS) is 11.8. The Hall–Kier alpha value is -2.12. The molecule has 0 aliphatic carbocycles. The molecular formula is C13H17NO6. The smallest absolute Gasteiger partial charge is 0.335 e. The van der Waals surface area contributed by atoms with E-state index in [1.54, 1.807) is 0 Å². The van der Waals surface area contributed by atoms with Crippen molar-refractivity contribution in [3.63, 3.8) is 0 Å². The van der Waals surface area contributed by atoms with Crippen LogP contribution in [0.25, 0.3) is 0 Å². The summed E-state index contributed by atoms with van der Waals surface area (Å²) >= 11 is 0. The van der Waals surface area contributed by atoms with Gasteiger partial charge in [0.2, 0.25) is 0 Å². The van der Waals surface area contributed by atoms with E-state index in [9.17, 15) is 9.59 Å². The molecule has 1 aromatic carbocycles. The average Bonchev–Trinajstić information content (AvgIpc) is 2.45. The van der Waals surface area contributed by atoms with Crippen LogP contribution in [0.3, 0.4) is 0 Å². The number of aliphatic hydroxyl groups excluding tert-OH is 1. The van der Waals surface area contributed by atoms with Crippen LogP contribution < -0.4 is 10.1 Å². The quantitative estimate of drug-likeness (QED) is 0.657. The number of amides is 1. The van der Waals surface area contributed by atoms with Crippen LogP contribution in [-0.2, 0) is 4.74 Å². The Labute approximate surface area is 116 Å². The summed E-state index contributed by atoms with van der Waals surface area (Å²) in [5.41, 5.74) is 0.0816. The van der Waals surface area contributed by atoms with E-state index in [-0.39, 0.29) is 30.1 Å². The summed E-state index contributed by atoms with van der Waals surface area (Å²) in [6.07, 6.45) is 0. The SMILES string of the molecule is COC[C@@H](CO)NC(=O)c1cc(OC)cc(C(=O)O)c1. The van der Waals surface area contributed by atoms with E-state index in [0.29, 0.717) is 0 Å². The molecular weight excluding hydrogens is 266 g/mol. The number of ether oxygens (including phenoxy) is 2. The highest BCUT2D eigenvalue weighted by Crippen LogP contribution is 2.17. The first kappa shape index (κ1) is 15.9. The number of methoxy groups -OCH3 is 2. The van der Waals surface area contributed by atoms with Gasteiger partial charge in [-0.1, -0.05) is 0 Å². The summed E-state index contributed by atoms with van der Waals surface area (Å²) in [6, 6.07) is 3.41. The Morgan fingerprint density at radius 2 is 1.90 bits per heavy atom. The summed E-state index contributed by atoms with van der Waals surface area (Å²) in [5, 5.41) is 20.6. The maximum absolute atomic E-state index is 12.0. The largest absolute Gasteiger partial charge is 0.497 e. The van der Waals surface area contributed by atoms with E-state index in [0.717, 1.165) is 0 Å². The standard InChI is InChI=1S/C13H17NO6/c1-19-7-10(6-15)14-12(16)8-3-9(13(17)18)5-11(4-8)20-2/h3-5,10,15H,6-7H2,1-2H3,(H,14,16)(H,17,18)/t10-/m1/s1. The lowest BCUT2D eigenvalue weighted by molar-refractivity contribution is 0.0696. The van der Waals surface area contributed by atoms with E-state index >= 15 is 0 Å². The molecule has 0 fully saturated rings. The highest BCUT2D eigenvalue weighted by Gasteiger charge is 2.16. The van der Waals surface area contributed by atoms with Crippen molar-refractivity contribution < 1.29 is 29.3 Å². The second-order valence-electron chi connectivity index (χ2n) is 4.06. The molecule has 0 heterocycles. The van der Waals surface area contributed by atoms with Crippen molar-refractivity contribution in [2.75, 3.05) is 27.4 Å². The zero-order valence-corrected chi connectivity index (χ0v) is 11.3. The van der Waals surface area contributed by atoms with Gasteiger partial charge in [-0.2, -0.15) is 0 Å². The fourth-order valence-electron chi connectivity index (χ4n) is 1.58. The summed E-state index contributed by atoms with van der Waals surface area (Å²) in [4.78, 5) is 23.0. The third-order valence-electron chi connectivity index (χ3n) is 2.57. The Morgan fingerprint density at radius 1 is 1.25 bits per heavy atom. The fraction of sp³-hybridized carbons (Fsp3) is 0.385. The number of rotatable bonds is 7. The number of carbonyl (C=O) groups excluding carboxylic acids is 1. The molecule has 0 bridgehead atoms. The first-order valence-corrected chi connectivity index (χ1v) is 5.84. The molecule has 0 unspecified atom stereocenters. The molecule has 0 aliphatic rings. The van der Waals surface area contributed by atoms with Gasteiger partial charge in [0.15, 0.2) is 0 Å². The molecule has 0 aliphatic heterocycles. The van der Waals surface area contributed by atoms with Gasteiger partial charge >= 0.3 is 5.97 Å². The predicted molar refractivity (Wildman–Crippen MR) is 70.2 cm³/mol. The summed E-state index contributed by atoms with van der Waals surface area (Å²) in [6.45, 7) is -0.132. The van der Waals surface area contributed by atoms with Crippen molar-refractivity contribution in [1.29, 1.82) is 0 Å². The van der Waals surface area contributed by atoms with Crippen LogP contribution in [0.15, 0.2) is 18.2 Å². The maximum Gasteiger partial charge on any atom is 0.335 e. The van der Waals surface area contributed by atoms with Gasteiger partial charge in [-0.05, 0) is 18.2 Å². The molecule has 110 valence electrons. The van der Waals surface area contributed by atoms with E-state index < -0.39 is 17.9 Å². The number of nitrogens with one attached hydrogen (secondary N) is 1. The van der Waals surface area contributed by atoms with E-state index in [1.165, 1.54) is 32.4 Å². The van der Waals surface area contributed by atoms with Crippen LogP contribution in [0.5, 0.6) is 5.75 Å². The number of carbonyl (C=O) groups is 2. The molecule has 0 spiro atoms. The van der Waals surface area contributed by atoms with Crippen molar-refractivity contribution in [3.05, 3.63) is 29.3 Å². The monoisotopic (exact) mass is 283 g/mol. The minimum absolute atomic E-state index is 0.0539. The molecule has 1 rings (SSSR count). The van der Waals surface area contributed by atoms with Crippen molar-refractivity contribution in [2.45, 2.75) is 6.04 Å². The van der Waals surface area contributed by atoms with E-state index in [2.05, 4.69) is 5.32 Å². The second-order valence-corrected chi connectivity index (χ2v) is 4.06. The van der Waals surface area contributed by atoms with Gasteiger partial charge in [-0.15, -0.1) is 0 Å². The van der Waals surface area contributed by atoms with Gasteiger partial charge in [0.05, 0.1) is 31.9 Å². The Bertz CT molecular complexity index is 488. The predicted octanol–water partition coefficient (Wildman–Crippen LogP) is 0.130. The summed E-state index contributed by atoms with van der Waals surface area (Å²) in [7, 11) is 2.83. The number of hydrogen-bond donors (Lipinski definition) is 3. The molecule has 0 saturated heterocycles. The number of carboxylic acids is 1. The van der Waals surface area contributed by atoms with Gasteiger partial charge in [0.25, 0.3) is 5.91 Å². The van der Waals surface area contributed by atoms with Crippen LogP contribution in [-0.4, -0.2) is 55.6 Å². The van der Waals surface area contributed by atoms with Crippen LogP contribution in [0.2, 0.25) is 0 Å². The Morgan fingerprint density at radius 3 is 2.40 bits per heavy atom. The van der Waals surface area contributed by atoms with Crippen LogP contribution in [0.1, 0.15) is 20.7 Å². The lowest BCUT2D eigenvalue weighted by atomic mass is 10.1. The topological polar surface area (TPSA) is 105 Å². The minimum Gasteiger partial charge on any atom is -0.497 e. The van der Waals surface area contributed by atoms with E-state index in [4.69, 9.17) is 19.7 Å².